The van der Waals surface area contributed by atoms with E-state index in [2.05, 4.69) is 52.1 Å². The summed E-state index contributed by atoms with van der Waals surface area (Å²) in [5.41, 5.74) is 1.43. The van der Waals surface area contributed by atoms with Gasteiger partial charge in [-0.3, -0.25) is 9.80 Å². The molecular weight excluding hydrogens is 320 g/mol. The van der Waals surface area contributed by atoms with Crippen LogP contribution in [0.15, 0.2) is 16.6 Å². The van der Waals surface area contributed by atoms with E-state index in [1.165, 1.54) is 16.3 Å². The first kappa shape index (κ1) is 16.4. The normalized spacial score (nSPS) is 28.3. The maximum absolute atomic E-state index is 5.74. The molecule has 4 heterocycles. The average Bonchev–Trinajstić information content (AvgIpc) is 3.24. The smallest absolute Gasteiger partial charge is 0.152 e. The number of fused-ring (bicyclic) bond motifs is 1. The third-order valence-corrected chi connectivity index (χ3v) is 6.68. The highest BCUT2D eigenvalue weighted by atomic mass is 32.1. The Labute approximate surface area is 148 Å². The van der Waals surface area contributed by atoms with Gasteiger partial charge in [-0.15, -0.1) is 11.3 Å². The summed E-state index contributed by atoms with van der Waals surface area (Å²) >= 11 is 1.88. The Morgan fingerprint density at radius 1 is 1.25 bits per heavy atom. The van der Waals surface area contributed by atoms with Crippen LogP contribution in [0.25, 0.3) is 0 Å². The van der Waals surface area contributed by atoms with Gasteiger partial charge in [-0.1, -0.05) is 5.16 Å². The lowest BCUT2D eigenvalue weighted by atomic mass is 10.0. The molecule has 2 fully saturated rings. The van der Waals surface area contributed by atoms with Crippen molar-refractivity contribution in [2.45, 2.75) is 39.5 Å². The van der Waals surface area contributed by atoms with E-state index < -0.39 is 0 Å². The molecule has 0 unspecified atom stereocenters. The van der Waals surface area contributed by atoms with Crippen molar-refractivity contribution in [3.8, 4) is 0 Å². The van der Waals surface area contributed by atoms with Gasteiger partial charge < -0.3 is 9.74 Å². The maximum atomic E-state index is 5.74. The molecule has 6 heteroatoms. The fourth-order valence-electron chi connectivity index (χ4n) is 3.97. The summed E-state index contributed by atoms with van der Waals surface area (Å²) in [4.78, 5) is 14.8. The molecule has 0 N–H and O–H groups in total. The Morgan fingerprint density at radius 2 is 2.04 bits per heavy atom. The van der Waals surface area contributed by atoms with Gasteiger partial charge in [0.15, 0.2) is 11.9 Å². The number of hydrogen-bond donors (Lipinski definition) is 0. The minimum atomic E-state index is 0.272. The van der Waals surface area contributed by atoms with Crippen LogP contribution in [-0.4, -0.2) is 71.9 Å². The highest BCUT2D eigenvalue weighted by Gasteiger charge is 2.45. The largest absolute Gasteiger partial charge is 0.389 e. The highest BCUT2D eigenvalue weighted by Crippen LogP contribution is 2.30. The molecule has 0 saturated carbocycles. The van der Waals surface area contributed by atoms with Gasteiger partial charge >= 0.3 is 0 Å². The first-order valence-electron chi connectivity index (χ1n) is 9.10. The summed E-state index contributed by atoms with van der Waals surface area (Å²) in [6.07, 6.45) is 0.272. The average molecular weight is 349 g/mol. The van der Waals surface area contributed by atoms with E-state index in [0.29, 0.717) is 12.0 Å². The Morgan fingerprint density at radius 3 is 2.71 bits per heavy atom. The molecule has 4 rings (SSSR count). The molecule has 2 atom stereocenters. The van der Waals surface area contributed by atoms with Crippen molar-refractivity contribution in [2.24, 2.45) is 11.1 Å². The fraction of sp³-hybridized carbons (Fsp3) is 0.722. The Bertz CT molecular complexity index is 606. The van der Waals surface area contributed by atoms with E-state index in [1.54, 1.807) is 0 Å². The first-order chi connectivity index (χ1) is 11.6. The highest BCUT2D eigenvalue weighted by molar-refractivity contribution is 7.10. The third-order valence-electron chi connectivity index (χ3n) is 5.67. The van der Waals surface area contributed by atoms with Crippen molar-refractivity contribution < 1.29 is 4.84 Å². The number of aryl methyl sites for hydroxylation is 1. The van der Waals surface area contributed by atoms with Crippen LogP contribution in [-0.2, 0) is 11.4 Å². The summed E-state index contributed by atoms with van der Waals surface area (Å²) in [7, 11) is 0. The predicted molar refractivity (Wildman–Crippen MR) is 98.4 cm³/mol. The number of amidine groups is 1. The van der Waals surface area contributed by atoms with Gasteiger partial charge in [0.2, 0.25) is 0 Å². The van der Waals surface area contributed by atoms with Gasteiger partial charge in [0, 0.05) is 56.7 Å². The summed E-state index contributed by atoms with van der Waals surface area (Å²) in [5.74, 6) is 1.67. The summed E-state index contributed by atoms with van der Waals surface area (Å²) in [6, 6.07) is 2.81. The quantitative estimate of drug-likeness (QED) is 0.838. The van der Waals surface area contributed by atoms with Gasteiger partial charge in [-0.25, -0.2) is 0 Å². The second-order valence-corrected chi connectivity index (χ2v) is 8.54. The van der Waals surface area contributed by atoms with Crippen LogP contribution in [0, 0.1) is 12.8 Å². The molecule has 3 aliphatic rings. The monoisotopic (exact) mass is 348 g/mol. The van der Waals surface area contributed by atoms with E-state index in [4.69, 9.17) is 4.84 Å². The lowest BCUT2D eigenvalue weighted by Crippen LogP contribution is -2.50. The molecule has 0 radical (unpaired) electrons. The standard InChI is InChI=1S/C18H28N4OS/c1-13(2)22-10-15-16(11-22)23-19-18(15)21-7-5-20(6-8-21)12-17-14(3)4-9-24-17/h4,9,13,15-16H,5-8,10-12H2,1-3H3/t15-,16+/m1/s1. The van der Waals surface area contributed by atoms with E-state index in [-0.39, 0.29) is 6.10 Å². The lowest BCUT2D eigenvalue weighted by Gasteiger charge is -2.36. The fourth-order valence-corrected chi connectivity index (χ4v) is 4.91. The summed E-state index contributed by atoms with van der Waals surface area (Å²) < 4.78 is 0. The molecule has 5 nitrogen and oxygen atoms in total. The van der Waals surface area contributed by atoms with Gasteiger partial charge in [0.25, 0.3) is 0 Å². The third kappa shape index (κ3) is 3.07. The van der Waals surface area contributed by atoms with Crippen LogP contribution >= 0.6 is 11.3 Å². The zero-order valence-electron chi connectivity index (χ0n) is 14.9. The van der Waals surface area contributed by atoms with Crippen LogP contribution in [0.3, 0.4) is 0 Å². The maximum Gasteiger partial charge on any atom is 0.152 e. The van der Waals surface area contributed by atoms with Crippen LogP contribution in [0.1, 0.15) is 24.3 Å². The van der Waals surface area contributed by atoms with Crippen LogP contribution in [0.2, 0.25) is 0 Å². The molecule has 3 aliphatic heterocycles. The van der Waals surface area contributed by atoms with Crippen LogP contribution < -0.4 is 0 Å². The number of piperazine rings is 1. The summed E-state index contributed by atoms with van der Waals surface area (Å²) in [6.45, 7) is 14.3. The minimum absolute atomic E-state index is 0.272. The van der Waals surface area contributed by atoms with Gasteiger partial charge in [0.1, 0.15) is 0 Å². The second kappa shape index (κ2) is 6.65. The topological polar surface area (TPSA) is 31.3 Å². The van der Waals surface area contributed by atoms with Crippen molar-refractivity contribution in [2.75, 3.05) is 39.3 Å². The Hall–Kier alpha value is -1.11. The lowest BCUT2D eigenvalue weighted by molar-refractivity contribution is 0.0719. The Kier molecular flexibility index (Phi) is 4.54. The van der Waals surface area contributed by atoms with E-state index in [1.807, 2.05) is 11.3 Å². The number of thiophene rings is 1. The number of nitrogens with zero attached hydrogens (tertiary/aromatic N) is 4. The minimum Gasteiger partial charge on any atom is -0.389 e. The van der Waals surface area contributed by atoms with Crippen molar-refractivity contribution in [3.63, 3.8) is 0 Å². The molecule has 132 valence electrons. The molecule has 2 saturated heterocycles. The van der Waals surface area contributed by atoms with E-state index >= 15 is 0 Å². The van der Waals surface area contributed by atoms with Gasteiger partial charge in [-0.05, 0) is 37.8 Å². The molecule has 0 amide bonds. The molecule has 1 aromatic rings. The number of likely N-dealkylation sites (tertiary alicyclic amines) is 1. The van der Waals surface area contributed by atoms with E-state index in [9.17, 15) is 0 Å². The molecule has 0 aromatic carbocycles. The SMILES string of the molecule is Cc1ccsc1CN1CCN(C2=NO[C@H]3CN(C(C)C)C[C@@H]23)CC1. The zero-order chi connectivity index (χ0) is 16.7. The van der Waals surface area contributed by atoms with E-state index in [0.717, 1.165) is 45.8 Å². The van der Waals surface area contributed by atoms with Crippen molar-refractivity contribution in [3.05, 3.63) is 21.9 Å². The summed E-state index contributed by atoms with van der Waals surface area (Å²) in [5, 5.41) is 6.65. The molecular formula is C18H28N4OS. The molecule has 1 aromatic heterocycles. The second-order valence-electron chi connectivity index (χ2n) is 7.54. The number of oxime groups is 1. The number of hydrogen-bond acceptors (Lipinski definition) is 6. The molecule has 24 heavy (non-hydrogen) atoms. The van der Waals surface area contributed by atoms with Crippen molar-refractivity contribution in [1.29, 1.82) is 0 Å². The zero-order valence-corrected chi connectivity index (χ0v) is 15.8. The van der Waals surface area contributed by atoms with Crippen LogP contribution in [0.5, 0.6) is 0 Å². The Balaban J connectivity index is 1.32. The predicted octanol–water partition coefficient (Wildman–Crippen LogP) is 2.23. The molecule has 0 spiro atoms. The molecule has 0 bridgehead atoms. The first-order valence-corrected chi connectivity index (χ1v) is 9.98. The van der Waals surface area contributed by atoms with Crippen LogP contribution in [0.4, 0.5) is 0 Å². The number of rotatable bonds is 3. The van der Waals surface area contributed by atoms with Crippen molar-refractivity contribution in [1.82, 2.24) is 14.7 Å². The van der Waals surface area contributed by atoms with Gasteiger partial charge in [-0.2, -0.15) is 0 Å². The van der Waals surface area contributed by atoms with Crippen molar-refractivity contribution >= 4 is 17.2 Å². The molecule has 0 aliphatic carbocycles. The van der Waals surface area contributed by atoms with Gasteiger partial charge in [0.05, 0.1) is 5.92 Å².